The number of hydrogen-bond donors (Lipinski definition) is 0. The quantitative estimate of drug-likeness (QED) is 0.584. The number of allylic oxidation sites excluding steroid dienone is 1. The molecule has 1 aromatic rings. The van der Waals surface area contributed by atoms with Gasteiger partial charge in [0.05, 0.1) is 0 Å². The summed E-state index contributed by atoms with van der Waals surface area (Å²) in [6, 6.07) is 5.00. The molecular weight excluding hydrogens is 223 g/mol. The summed E-state index contributed by atoms with van der Waals surface area (Å²) in [5, 5.41) is 0. The molecular formula is C18H23Li. The van der Waals surface area contributed by atoms with Crippen molar-refractivity contribution in [3.63, 3.8) is 0 Å². The van der Waals surface area contributed by atoms with Crippen molar-refractivity contribution in [3.05, 3.63) is 40.0 Å². The second kappa shape index (κ2) is 4.03. The first-order valence-electron chi connectivity index (χ1n) is 7.59. The molecule has 0 N–H and O–H groups in total. The van der Waals surface area contributed by atoms with Crippen LogP contribution in [0.15, 0.2) is 17.7 Å². The van der Waals surface area contributed by atoms with Gasteiger partial charge in [0.25, 0.3) is 0 Å². The molecule has 2 aliphatic rings. The van der Waals surface area contributed by atoms with Gasteiger partial charge in [-0.1, -0.05) is 0 Å². The van der Waals surface area contributed by atoms with Crippen molar-refractivity contribution in [1.29, 1.82) is 0 Å². The van der Waals surface area contributed by atoms with E-state index in [9.17, 15) is 0 Å². The van der Waals surface area contributed by atoms with Gasteiger partial charge in [-0.2, -0.15) is 0 Å². The fourth-order valence-corrected chi connectivity index (χ4v) is 3.76. The SMILES string of the molecule is [Li][CH]1C(C)=Cc2cc3c(cc21)C(C)(C)CCC3(C)C. The van der Waals surface area contributed by atoms with Crippen LogP contribution in [0.5, 0.6) is 0 Å². The van der Waals surface area contributed by atoms with Crippen molar-refractivity contribution in [1.82, 2.24) is 0 Å². The summed E-state index contributed by atoms with van der Waals surface area (Å²) in [5.41, 5.74) is 8.35. The third-order valence-corrected chi connectivity index (χ3v) is 5.59. The van der Waals surface area contributed by atoms with E-state index in [-0.39, 0.29) is 0 Å². The van der Waals surface area contributed by atoms with Crippen LogP contribution in [0.1, 0.15) is 74.3 Å². The van der Waals surface area contributed by atoms with Crippen molar-refractivity contribution < 1.29 is 0 Å². The summed E-state index contributed by atoms with van der Waals surface area (Å²) >= 11 is 2.34. The van der Waals surface area contributed by atoms with Crippen LogP contribution in [-0.4, -0.2) is 17.7 Å². The second-order valence-corrected chi connectivity index (χ2v) is 7.90. The summed E-state index contributed by atoms with van der Waals surface area (Å²) < 4.78 is 0.598. The fraction of sp³-hybridized carbons (Fsp3) is 0.556. The summed E-state index contributed by atoms with van der Waals surface area (Å²) in [5.74, 6) is 0. The molecule has 1 atom stereocenters. The molecule has 0 radical (unpaired) electrons. The summed E-state index contributed by atoms with van der Waals surface area (Å²) in [4.78, 5) is 0. The van der Waals surface area contributed by atoms with Crippen LogP contribution < -0.4 is 0 Å². The molecule has 0 aromatic heterocycles. The van der Waals surface area contributed by atoms with E-state index in [1.165, 1.54) is 24.0 Å². The molecule has 0 amide bonds. The van der Waals surface area contributed by atoms with E-state index in [2.05, 4.69) is 70.5 Å². The molecule has 0 spiro atoms. The monoisotopic (exact) mass is 246 g/mol. The summed E-state index contributed by atoms with van der Waals surface area (Å²) in [7, 11) is 0. The third kappa shape index (κ3) is 1.96. The standard InChI is InChI=1S/C18H23.Li/c1-12-8-13-10-15-16(11-14(13)9-12)18(4,5)7-6-17(15,2)3;/h8-11H,6-7H2,1-5H3;. The van der Waals surface area contributed by atoms with Gasteiger partial charge < -0.3 is 0 Å². The maximum atomic E-state index is 2.52. The molecule has 1 heteroatoms. The Morgan fingerprint density at radius 2 is 1.53 bits per heavy atom. The fourth-order valence-electron chi connectivity index (χ4n) is 3.76. The van der Waals surface area contributed by atoms with Gasteiger partial charge in [0.1, 0.15) is 0 Å². The predicted octanol–water partition coefficient (Wildman–Crippen LogP) is 4.66. The normalized spacial score (nSPS) is 26.7. The van der Waals surface area contributed by atoms with Crippen molar-refractivity contribution >= 4 is 23.8 Å². The van der Waals surface area contributed by atoms with Crippen LogP contribution in [0.4, 0.5) is 0 Å². The van der Waals surface area contributed by atoms with Crippen LogP contribution in [0.25, 0.3) is 6.08 Å². The van der Waals surface area contributed by atoms with Crippen molar-refractivity contribution in [2.24, 2.45) is 0 Å². The number of hydrogen-bond acceptors (Lipinski definition) is 0. The van der Waals surface area contributed by atoms with Crippen LogP contribution in [-0.2, 0) is 10.8 Å². The molecule has 0 aliphatic heterocycles. The van der Waals surface area contributed by atoms with E-state index in [0.29, 0.717) is 15.4 Å². The van der Waals surface area contributed by atoms with Crippen molar-refractivity contribution in [2.45, 2.75) is 62.9 Å². The van der Waals surface area contributed by atoms with E-state index in [1.807, 2.05) is 0 Å². The maximum absolute atomic E-state index is 2.52. The minimum atomic E-state index is 0.327. The van der Waals surface area contributed by atoms with Gasteiger partial charge in [-0.3, -0.25) is 0 Å². The van der Waals surface area contributed by atoms with Crippen LogP contribution in [0, 0.1) is 0 Å². The number of rotatable bonds is 0. The molecule has 19 heavy (non-hydrogen) atoms. The third-order valence-electron chi connectivity index (χ3n) is 5.59. The summed E-state index contributed by atoms with van der Waals surface area (Å²) in [6.45, 7) is 11.9. The zero-order valence-electron chi connectivity index (χ0n) is 13.2. The van der Waals surface area contributed by atoms with Gasteiger partial charge in [-0.05, 0) is 0 Å². The Hall–Kier alpha value is -0.443. The first-order chi connectivity index (χ1) is 8.72. The molecule has 0 fully saturated rings. The molecule has 3 rings (SSSR count). The van der Waals surface area contributed by atoms with Crippen molar-refractivity contribution in [2.75, 3.05) is 0 Å². The van der Waals surface area contributed by atoms with E-state index in [1.54, 1.807) is 16.7 Å². The molecule has 0 heterocycles. The second-order valence-electron chi connectivity index (χ2n) is 7.90. The Bertz CT molecular complexity index is 576. The zero-order chi connectivity index (χ0) is 14.0. The molecule has 1 unspecified atom stereocenters. The molecule has 0 nitrogen and oxygen atoms in total. The molecule has 1 aromatic carbocycles. The molecule has 2 aliphatic carbocycles. The number of benzene rings is 1. The van der Waals surface area contributed by atoms with Crippen LogP contribution in [0.2, 0.25) is 0 Å². The first kappa shape index (κ1) is 13.5. The van der Waals surface area contributed by atoms with Gasteiger partial charge in [-0.25, -0.2) is 0 Å². The van der Waals surface area contributed by atoms with E-state index in [0.717, 1.165) is 0 Å². The molecule has 0 saturated carbocycles. The van der Waals surface area contributed by atoms with E-state index >= 15 is 0 Å². The van der Waals surface area contributed by atoms with Crippen molar-refractivity contribution in [3.8, 4) is 0 Å². The number of fused-ring (bicyclic) bond motifs is 2. The van der Waals surface area contributed by atoms with Gasteiger partial charge >= 0.3 is 127 Å². The van der Waals surface area contributed by atoms with Gasteiger partial charge in [0, 0.05) is 0 Å². The average molecular weight is 246 g/mol. The summed E-state index contributed by atoms with van der Waals surface area (Å²) in [6.07, 6.45) is 4.98. The van der Waals surface area contributed by atoms with Gasteiger partial charge in [0.2, 0.25) is 0 Å². The van der Waals surface area contributed by atoms with Gasteiger partial charge in [-0.15, -0.1) is 0 Å². The Kier molecular flexibility index (Phi) is 2.87. The molecule has 0 bridgehead atoms. The average Bonchev–Trinajstić information content (AvgIpc) is 2.60. The van der Waals surface area contributed by atoms with Gasteiger partial charge in [0.15, 0.2) is 0 Å². The predicted molar refractivity (Wildman–Crippen MR) is 83.9 cm³/mol. The topological polar surface area (TPSA) is 0 Å². The molecule has 96 valence electrons. The van der Waals surface area contributed by atoms with Crippen LogP contribution >= 0.6 is 0 Å². The van der Waals surface area contributed by atoms with Crippen LogP contribution in [0.3, 0.4) is 0 Å². The Labute approximate surface area is 126 Å². The Morgan fingerprint density at radius 1 is 1.00 bits per heavy atom. The Balaban J connectivity index is 2.26. The minimum absolute atomic E-state index is 0.327. The Morgan fingerprint density at radius 3 is 2.11 bits per heavy atom. The molecule has 0 saturated heterocycles. The van der Waals surface area contributed by atoms with E-state index in [4.69, 9.17) is 0 Å². The van der Waals surface area contributed by atoms with E-state index < -0.39 is 0 Å². The zero-order valence-corrected chi connectivity index (χ0v) is 13.2. The first-order valence-corrected chi connectivity index (χ1v) is 7.59.